The standard InChI is InChI=1S/C11H20N3/c1-3-5-9-13(10-6-4-2)14-11-7-8-12-14/h7,11H,3-6,9-10H2,1-2H3. The molecule has 0 aliphatic heterocycles. The van der Waals surface area contributed by atoms with Gasteiger partial charge in [-0.05, 0) is 18.9 Å². The van der Waals surface area contributed by atoms with Crippen LogP contribution in [0.3, 0.4) is 0 Å². The molecule has 0 aliphatic carbocycles. The van der Waals surface area contributed by atoms with Crippen LogP contribution in [0.4, 0.5) is 0 Å². The number of hydrogen-bond acceptors (Lipinski definition) is 2. The van der Waals surface area contributed by atoms with Crippen molar-refractivity contribution in [3.63, 3.8) is 0 Å². The SMILES string of the molecule is CCCCN(CCCC)n1cc[c]n1. The van der Waals surface area contributed by atoms with Crippen molar-refractivity contribution >= 4 is 0 Å². The maximum atomic E-state index is 4.14. The molecule has 0 saturated heterocycles. The van der Waals surface area contributed by atoms with Gasteiger partial charge in [0.2, 0.25) is 0 Å². The van der Waals surface area contributed by atoms with E-state index in [-0.39, 0.29) is 0 Å². The molecule has 0 unspecified atom stereocenters. The van der Waals surface area contributed by atoms with Gasteiger partial charge in [-0.1, -0.05) is 26.7 Å². The van der Waals surface area contributed by atoms with Crippen LogP contribution in [-0.4, -0.2) is 23.0 Å². The molecule has 3 heteroatoms. The molecule has 0 saturated carbocycles. The van der Waals surface area contributed by atoms with E-state index in [0.29, 0.717) is 0 Å². The number of nitrogens with zero attached hydrogens (tertiary/aromatic N) is 3. The number of unbranched alkanes of at least 4 members (excludes halogenated alkanes) is 2. The van der Waals surface area contributed by atoms with Gasteiger partial charge in [-0.15, -0.1) is 0 Å². The van der Waals surface area contributed by atoms with Crippen molar-refractivity contribution in [3.05, 3.63) is 18.5 Å². The smallest absolute Gasteiger partial charge is 0.115 e. The molecule has 0 aliphatic rings. The second-order valence-electron chi connectivity index (χ2n) is 3.53. The van der Waals surface area contributed by atoms with Crippen molar-refractivity contribution in [1.82, 2.24) is 9.89 Å². The van der Waals surface area contributed by atoms with Gasteiger partial charge in [-0.25, -0.2) is 0 Å². The third-order valence-electron chi connectivity index (χ3n) is 2.27. The number of aromatic nitrogens is 2. The minimum Gasteiger partial charge on any atom is -0.297 e. The molecule has 0 N–H and O–H groups in total. The van der Waals surface area contributed by atoms with Crippen molar-refractivity contribution in [3.8, 4) is 0 Å². The summed E-state index contributed by atoms with van der Waals surface area (Å²) in [5, 5.41) is 6.42. The van der Waals surface area contributed by atoms with Gasteiger partial charge in [0.25, 0.3) is 0 Å². The lowest BCUT2D eigenvalue weighted by Gasteiger charge is -2.23. The summed E-state index contributed by atoms with van der Waals surface area (Å²) in [6.07, 6.45) is 9.71. The Morgan fingerprint density at radius 1 is 1.21 bits per heavy atom. The Hall–Kier alpha value is -0.990. The Bertz CT molecular complexity index is 210. The summed E-state index contributed by atoms with van der Waals surface area (Å²) in [6.45, 7) is 6.61. The summed E-state index contributed by atoms with van der Waals surface area (Å²) in [7, 11) is 0. The average Bonchev–Trinajstić information content (AvgIpc) is 2.71. The van der Waals surface area contributed by atoms with E-state index in [1.54, 1.807) is 0 Å². The van der Waals surface area contributed by atoms with Gasteiger partial charge in [0.05, 0.1) is 0 Å². The average molecular weight is 194 g/mol. The lowest BCUT2D eigenvalue weighted by atomic mass is 10.3. The van der Waals surface area contributed by atoms with Crippen molar-refractivity contribution in [2.75, 3.05) is 18.1 Å². The fourth-order valence-corrected chi connectivity index (χ4v) is 1.38. The highest BCUT2D eigenvalue weighted by Crippen LogP contribution is 1.98. The fourth-order valence-electron chi connectivity index (χ4n) is 1.38. The van der Waals surface area contributed by atoms with Crippen LogP contribution in [0.5, 0.6) is 0 Å². The fraction of sp³-hybridized carbons (Fsp3) is 0.727. The molecule has 0 bridgehead atoms. The first-order valence-electron chi connectivity index (χ1n) is 5.55. The van der Waals surface area contributed by atoms with Crippen molar-refractivity contribution in [2.45, 2.75) is 39.5 Å². The van der Waals surface area contributed by atoms with Crippen LogP contribution in [0, 0.1) is 6.20 Å². The van der Waals surface area contributed by atoms with Crippen LogP contribution >= 0.6 is 0 Å². The Labute approximate surface area is 86.7 Å². The predicted molar refractivity (Wildman–Crippen MR) is 58.8 cm³/mol. The molecule has 1 rings (SSSR count). The van der Waals surface area contributed by atoms with Gasteiger partial charge >= 0.3 is 0 Å². The monoisotopic (exact) mass is 194 g/mol. The highest BCUT2D eigenvalue weighted by Gasteiger charge is 2.03. The highest BCUT2D eigenvalue weighted by molar-refractivity contribution is 4.87. The number of rotatable bonds is 7. The van der Waals surface area contributed by atoms with E-state index in [1.165, 1.54) is 25.7 Å². The Morgan fingerprint density at radius 2 is 1.86 bits per heavy atom. The maximum absolute atomic E-state index is 4.14. The molecule has 1 aromatic heterocycles. The third-order valence-corrected chi connectivity index (χ3v) is 2.27. The van der Waals surface area contributed by atoms with E-state index < -0.39 is 0 Å². The zero-order valence-electron chi connectivity index (χ0n) is 9.24. The van der Waals surface area contributed by atoms with Crippen LogP contribution in [0.15, 0.2) is 12.3 Å². The molecule has 0 spiro atoms. The summed E-state index contributed by atoms with van der Waals surface area (Å²) in [5.41, 5.74) is 0. The van der Waals surface area contributed by atoms with Gasteiger partial charge < -0.3 is 0 Å². The lowest BCUT2D eigenvalue weighted by Crippen LogP contribution is -2.36. The van der Waals surface area contributed by atoms with Crippen LogP contribution in [-0.2, 0) is 0 Å². The van der Waals surface area contributed by atoms with Crippen molar-refractivity contribution < 1.29 is 0 Å². The first-order valence-corrected chi connectivity index (χ1v) is 5.55. The summed E-state index contributed by atoms with van der Waals surface area (Å²) in [6, 6.07) is 1.85. The molecule has 1 heterocycles. The van der Waals surface area contributed by atoms with E-state index in [1.807, 2.05) is 17.1 Å². The van der Waals surface area contributed by atoms with Gasteiger partial charge in [0.15, 0.2) is 0 Å². The Kier molecular flexibility index (Phi) is 5.12. The van der Waals surface area contributed by atoms with Crippen LogP contribution < -0.4 is 5.01 Å². The van der Waals surface area contributed by atoms with E-state index in [9.17, 15) is 0 Å². The second kappa shape index (κ2) is 6.46. The summed E-state index contributed by atoms with van der Waals surface area (Å²) >= 11 is 0. The van der Waals surface area contributed by atoms with Crippen LogP contribution in [0.25, 0.3) is 0 Å². The minimum atomic E-state index is 1.09. The minimum absolute atomic E-state index is 1.09. The summed E-state index contributed by atoms with van der Waals surface area (Å²) in [5.74, 6) is 0. The predicted octanol–water partition coefficient (Wildman–Crippen LogP) is 2.22. The first-order chi connectivity index (χ1) is 6.88. The molecule has 0 fully saturated rings. The van der Waals surface area contributed by atoms with E-state index in [4.69, 9.17) is 0 Å². The van der Waals surface area contributed by atoms with Gasteiger partial charge in [-0.2, -0.15) is 9.89 Å². The first kappa shape index (κ1) is 11.1. The molecular formula is C11H20N3. The van der Waals surface area contributed by atoms with Crippen molar-refractivity contribution in [1.29, 1.82) is 0 Å². The van der Waals surface area contributed by atoms with E-state index in [2.05, 4.69) is 30.2 Å². The highest BCUT2D eigenvalue weighted by atomic mass is 15.6. The van der Waals surface area contributed by atoms with E-state index >= 15 is 0 Å². The molecule has 0 aromatic carbocycles. The molecule has 14 heavy (non-hydrogen) atoms. The van der Waals surface area contributed by atoms with Gasteiger partial charge in [0.1, 0.15) is 6.20 Å². The largest absolute Gasteiger partial charge is 0.297 e. The van der Waals surface area contributed by atoms with Gasteiger partial charge in [-0.3, -0.25) is 5.01 Å². The molecule has 1 radical (unpaired) electrons. The van der Waals surface area contributed by atoms with E-state index in [0.717, 1.165) is 13.1 Å². The topological polar surface area (TPSA) is 21.1 Å². The summed E-state index contributed by atoms with van der Waals surface area (Å²) < 4.78 is 0. The lowest BCUT2D eigenvalue weighted by molar-refractivity contribution is 0.501. The zero-order valence-corrected chi connectivity index (χ0v) is 9.24. The third kappa shape index (κ3) is 3.40. The summed E-state index contributed by atoms with van der Waals surface area (Å²) in [4.78, 5) is 1.91. The molecule has 0 amide bonds. The normalized spacial score (nSPS) is 10.4. The van der Waals surface area contributed by atoms with Crippen molar-refractivity contribution in [2.24, 2.45) is 0 Å². The van der Waals surface area contributed by atoms with Crippen LogP contribution in [0.2, 0.25) is 0 Å². The van der Waals surface area contributed by atoms with Gasteiger partial charge in [0, 0.05) is 19.3 Å². The molecule has 3 nitrogen and oxygen atoms in total. The molecule has 0 atom stereocenters. The zero-order chi connectivity index (χ0) is 10.2. The number of hydrogen-bond donors (Lipinski definition) is 0. The van der Waals surface area contributed by atoms with Crippen LogP contribution in [0.1, 0.15) is 39.5 Å². The molecule has 79 valence electrons. The Morgan fingerprint density at radius 3 is 2.29 bits per heavy atom. The molecule has 1 aromatic rings. The second-order valence-corrected chi connectivity index (χ2v) is 3.53. The quantitative estimate of drug-likeness (QED) is 0.663. The molecular weight excluding hydrogens is 174 g/mol. The maximum Gasteiger partial charge on any atom is 0.115 e. The Balaban J connectivity index is 2.44.